The molecule has 86 valence electrons. The first-order valence-corrected chi connectivity index (χ1v) is 7.77. The molecule has 3 nitrogen and oxygen atoms in total. The summed E-state index contributed by atoms with van der Waals surface area (Å²) in [6, 6.07) is 0. The lowest BCUT2D eigenvalue weighted by molar-refractivity contribution is 0.0740. The molecule has 0 amide bonds. The summed E-state index contributed by atoms with van der Waals surface area (Å²) < 4.78 is 22.1. The number of sulfone groups is 1. The first-order chi connectivity index (χ1) is 5.97. The summed E-state index contributed by atoms with van der Waals surface area (Å²) in [7, 11) is -3.33. The third-order valence-corrected chi connectivity index (χ3v) is 8.26. The smallest absolute Gasteiger partial charge is 0.203 e. The fourth-order valence-electron chi connectivity index (χ4n) is 0.867. The Labute approximate surface area is 108 Å². The Kier molecular flexibility index (Phi) is 4.91. The zero-order chi connectivity index (χ0) is 11.8. The molecule has 0 spiro atoms. The molecule has 6 heteroatoms. The average Bonchev–Trinajstić information content (AvgIpc) is 2.01. The van der Waals surface area contributed by atoms with Gasteiger partial charge in [0.15, 0.2) is 9.84 Å². The lowest BCUT2D eigenvalue weighted by Gasteiger charge is -2.35. The van der Waals surface area contributed by atoms with Crippen molar-refractivity contribution in [1.82, 2.24) is 0 Å². The molecule has 0 aliphatic rings. The number of hydrogen-bond acceptors (Lipinski definition) is 3. The van der Waals surface area contributed by atoms with Crippen LogP contribution in [0.5, 0.6) is 0 Å². The maximum Gasteiger partial charge on any atom is 0.203 e. The predicted molar refractivity (Wildman–Crippen MR) is 70.6 cm³/mol. The second-order valence-electron chi connectivity index (χ2n) is 4.23. The van der Waals surface area contributed by atoms with E-state index in [-0.39, 0.29) is 5.75 Å². The fraction of sp³-hybridized carbons (Fsp3) is 1.00. The maximum atomic E-state index is 11.7. The van der Waals surface area contributed by atoms with Crippen LogP contribution in [0.25, 0.3) is 0 Å². The van der Waals surface area contributed by atoms with E-state index in [0.717, 1.165) is 0 Å². The van der Waals surface area contributed by atoms with Gasteiger partial charge in [-0.3, -0.25) is 0 Å². The highest BCUT2D eigenvalue weighted by Gasteiger charge is 2.49. The van der Waals surface area contributed by atoms with Crippen molar-refractivity contribution < 1.29 is 13.5 Å². The summed E-state index contributed by atoms with van der Waals surface area (Å²) in [5, 5.41) is 9.95. The van der Waals surface area contributed by atoms with Gasteiger partial charge >= 0.3 is 0 Å². The van der Waals surface area contributed by atoms with Crippen LogP contribution in [0, 0.1) is 5.41 Å². The van der Waals surface area contributed by atoms with E-state index < -0.39 is 23.0 Å². The van der Waals surface area contributed by atoms with Gasteiger partial charge in [0.05, 0.1) is 6.10 Å². The standard InChI is InChI=1S/C8H16BrIO3S/c1-5-14(12,13)8(9,10)6(11)7(2,3)4/h6,11H,5H2,1-4H3/t6-,8+/m1/s1. The average molecular weight is 399 g/mol. The zero-order valence-electron chi connectivity index (χ0n) is 8.71. The molecular formula is C8H16BrIO3S. The number of hydrogen-bond donors (Lipinski definition) is 1. The van der Waals surface area contributed by atoms with E-state index in [1.807, 2.05) is 0 Å². The van der Waals surface area contributed by atoms with Gasteiger partial charge in [-0.2, -0.15) is 0 Å². The second-order valence-corrected chi connectivity index (χ2v) is 12.4. The van der Waals surface area contributed by atoms with Gasteiger partial charge in [-0.15, -0.1) is 0 Å². The molecule has 0 heterocycles. The van der Waals surface area contributed by atoms with Crippen molar-refractivity contribution in [2.75, 3.05) is 5.75 Å². The molecule has 0 unspecified atom stereocenters. The van der Waals surface area contributed by atoms with Crippen molar-refractivity contribution >= 4 is 48.4 Å². The molecule has 0 rings (SSSR count). The highest BCUT2D eigenvalue weighted by molar-refractivity contribution is 14.1. The summed E-state index contributed by atoms with van der Waals surface area (Å²) in [5.74, 6) is 0.00826. The minimum atomic E-state index is -3.33. The van der Waals surface area contributed by atoms with E-state index >= 15 is 0 Å². The van der Waals surface area contributed by atoms with E-state index in [1.165, 1.54) is 0 Å². The van der Waals surface area contributed by atoms with Gasteiger partial charge in [-0.25, -0.2) is 8.42 Å². The van der Waals surface area contributed by atoms with E-state index in [4.69, 9.17) is 0 Å². The number of alkyl halides is 2. The van der Waals surface area contributed by atoms with Crippen molar-refractivity contribution in [2.45, 2.75) is 35.5 Å². The minimum absolute atomic E-state index is 0.00826. The molecule has 0 fully saturated rings. The van der Waals surface area contributed by atoms with Crippen LogP contribution in [-0.2, 0) is 9.84 Å². The summed E-state index contributed by atoms with van der Waals surface area (Å²) >= 11 is 4.86. The summed E-state index contributed by atoms with van der Waals surface area (Å²) in [5.41, 5.74) is -0.479. The summed E-state index contributed by atoms with van der Waals surface area (Å²) in [4.78, 5) is 0. The second kappa shape index (κ2) is 4.55. The molecule has 0 aromatic heterocycles. The summed E-state index contributed by atoms with van der Waals surface area (Å²) in [6.45, 7) is 6.98. The Balaban J connectivity index is 5.18. The Morgan fingerprint density at radius 1 is 1.43 bits per heavy atom. The van der Waals surface area contributed by atoms with E-state index in [0.29, 0.717) is 0 Å². The number of aliphatic hydroxyl groups is 1. The van der Waals surface area contributed by atoms with Crippen LogP contribution in [0.4, 0.5) is 0 Å². The van der Waals surface area contributed by atoms with Crippen molar-refractivity contribution in [3.05, 3.63) is 0 Å². The third-order valence-electron chi connectivity index (χ3n) is 1.93. The van der Waals surface area contributed by atoms with E-state index in [1.54, 1.807) is 50.3 Å². The van der Waals surface area contributed by atoms with Gasteiger partial charge in [0.1, 0.15) is 0 Å². The number of rotatable bonds is 3. The Bertz CT molecular complexity index is 292. The van der Waals surface area contributed by atoms with Crippen molar-refractivity contribution in [3.8, 4) is 0 Å². The molecule has 0 aliphatic heterocycles. The third kappa shape index (κ3) is 3.05. The van der Waals surface area contributed by atoms with Crippen LogP contribution in [0.15, 0.2) is 0 Å². The highest BCUT2D eigenvalue weighted by Crippen LogP contribution is 2.43. The molecule has 0 bridgehead atoms. The van der Waals surface area contributed by atoms with E-state index in [9.17, 15) is 13.5 Å². The molecule has 0 saturated carbocycles. The predicted octanol–water partition coefficient (Wildman–Crippen LogP) is 2.31. The molecule has 0 aliphatic carbocycles. The monoisotopic (exact) mass is 398 g/mol. The lowest BCUT2D eigenvalue weighted by atomic mass is 9.90. The molecule has 14 heavy (non-hydrogen) atoms. The quantitative estimate of drug-likeness (QED) is 0.586. The molecule has 0 aromatic carbocycles. The molecule has 0 aromatic rings. The van der Waals surface area contributed by atoms with Crippen molar-refractivity contribution in [2.24, 2.45) is 5.41 Å². The normalized spacial score (nSPS) is 20.2. The number of aliphatic hydroxyl groups excluding tert-OH is 1. The Morgan fingerprint density at radius 3 is 2.00 bits per heavy atom. The van der Waals surface area contributed by atoms with Gasteiger partial charge in [-0.1, -0.05) is 43.6 Å². The molecule has 2 atom stereocenters. The van der Waals surface area contributed by atoms with Gasteiger partial charge in [0, 0.05) is 5.75 Å². The van der Waals surface area contributed by atoms with Crippen LogP contribution in [0.3, 0.4) is 0 Å². The van der Waals surface area contributed by atoms with Gasteiger partial charge in [0.2, 0.25) is 1.66 Å². The van der Waals surface area contributed by atoms with Crippen LogP contribution >= 0.6 is 38.5 Å². The maximum absolute atomic E-state index is 11.7. The van der Waals surface area contributed by atoms with Crippen LogP contribution in [0.1, 0.15) is 27.7 Å². The Hall–Kier alpha value is 1.12. The van der Waals surface area contributed by atoms with Gasteiger partial charge in [0.25, 0.3) is 0 Å². The molecule has 0 saturated heterocycles. The van der Waals surface area contributed by atoms with Crippen molar-refractivity contribution in [1.29, 1.82) is 0 Å². The van der Waals surface area contributed by atoms with Crippen LogP contribution in [0.2, 0.25) is 0 Å². The minimum Gasteiger partial charge on any atom is -0.389 e. The van der Waals surface area contributed by atoms with Crippen molar-refractivity contribution in [3.63, 3.8) is 0 Å². The molecule has 1 N–H and O–H groups in total. The topological polar surface area (TPSA) is 54.4 Å². The first-order valence-electron chi connectivity index (χ1n) is 4.25. The largest absolute Gasteiger partial charge is 0.389 e. The van der Waals surface area contributed by atoms with Crippen LogP contribution < -0.4 is 0 Å². The van der Waals surface area contributed by atoms with Gasteiger partial charge in [-0.05, 0) is 28.0 Å². The molecular weight excluding hydrogens is 383 g/mol. The van der Waals surface area contributed by atoms with Gasteiger partial charge < -0.3 is 5.11 Å². The lowest BCUT2D eigenvalue weighted by Crippen LogP contribution is -2.46. The van der Waals surface area contributed by atoms with Crippen LogP contribution in [-0.4, -0.2) is 27.0 Å². The fourth-order valence-corrected chi connectivity index (χ4v) is 5.19. The first kappa shape index (κ1) is 15.1. The highest BCUT2D eigenvalue weighted by atomic mass is 127. The number of halogens is 2. The Morgan fingerprint density at radius 2 is 1.79 bits per heavy atom. The SMILES string of the molecule is CCS(=O)(=O)[C@@](Br)(I)[C@H](O)C(C)(C)C. The van der Waals surface area contributed by atoms with E-state index in [2.05, 4.69) is 15.9 Å². The molecule has 0 radical (unpaired) electrons. The summed E-state index contributed by atoms with van der Waals surface area (Å²) in [6.07, 6.45) is -0.958. The zero-order valence-corrected chi connectivity index (χ0v) is 13.3.